The van der Waals surface area contributed by atoms with Gasteiger partial charge in [0.1, 0.15) is 5.75 Å². The van der Waals surface area contributed by atoms with Gasteiger partial charge in [-0.1, -0.05) is 19.1 Å². The minimum absolute atomic E-state index is 0.0461. The molecule has 1 aromatic rings. The van der Waals surface area contributed by atoms with Gasteiger partial charge in [0.05, 0.1) is 0 Å². The number of amides is 1. The summed E-state index contributed by atoms with van der Waals surface area (Å²) in [5.41, 5.74) is 2.48. The Bertz CT molecular complexity index is 508. The fraction of sp³-hybridized carbons (Fsp3) is 0.611. The molecule has 1 amide bonds. The number of ether oxygens (including phenoxy) is 1. The zero-order valence-corrected chi connectivity index (χ0v) is 13.7. The first-order valence-electron chi connectivity index (χ1n) is 8.02. The third-order valence-electron chi connectivity index (χ3n) is 4.37. The van der Waals surface area contributed by atoms with Crippen LogP contribution in [0.4, 0.5) is 0 Å². The number of nitrogens with one attached hydrogen (secondary N) is 1. The number of benzene rings is 1. The SMILES string of the molecule is CCC(C)(C)NC(=O)[C@@H](C)Oc1cccc2c1CCCC2. The Kier molecular flexibility index (Phi) is 4.92. The molecule has 0 radical (unpaired) electrons. The van der Waals surface area contributed by atoms with Gasteiger partial charge in [0.25, 0.3) is 5.91 Å². The van der Waals surface area contributed by atoms with E-state index >= 15 is 0 Å². The fourth-order valence-corrected chi connectivity index (χ4v) is 2.62. The third kappa shape index (κ3) is 3.99. The van der Waals surface area contributed by atoms with Gasteiger partial charge in [-0.15, -0.1) is 0 Å². The topological polar surface area (TPSA) is 38.3 Å². The minimum Gasteiger partial charge on any atom is -0.481 e. The van der Waals surface area contributed by atoms with Crippen molar-refractivity contribution in [3.63, 3.8) is 0 Å². The standard InChI is InChI=1S/C18H27NO2/c1-5-18(3,4)19-17(20)13(2)21-16-12-8-10-14-9-6-7-11-15(14)16/h8,10,12-13H,5-7,9,11H2,1-4H3,(H,19,20)/t13-/m1/s1. The monoisotopic (exact) mass is 289 g/mol. The number of hydrogen-bond acceptors (Lipinski definition) is 2. The van der Waals surface area contributed by atoms with Crippen LogP contribution in [0.15, 0.2) is 18.2 Å². The predicted octanol–water partition coefficient (Wildman–Crippen LogP) is 3.64. The molecule has 1 N–H and O–H groups in total. The normalized spacial score (nSPS) is 16.0. The van der Waals surface area contributed by atoms with E-state index in [1.165, 1.54) is 24.0 Å². The van der Waals surface area contributed by atoms with Gasteiger partial charge >= 0.3 is 0 Å². The molecule has 0 unspecified atom stereocenters. The lowest BCUT2D eigenvalue weighted by Crippen LogP contribution is -2.48. The molecule has 116 valence electrons. The summed E-state index contributed by atoms with van der Waals surface area (Å²) in [7, 11) is 0. The number of carbonyl (C=O) groups excluding carboxylic acids is 1. The molecule has 1 aliphatic rings. The van der Waals surface area contributed by atoms with E-state index in [0.717, 1.165) is 25.0 Å². The van der Waals surface area contributed by atoms with E-state index in [1.807, 2.05) is 32.9 Å². The highest BCUT2D eigenvalue weighted by molar-refractivity contribution is 5.81. The van der Waals surface area contributed by atoms with Crippen molar-refractivity contribution in [1.82, 2.24) is 5.32 Å². The van der Waals surface area contributed by atoms with Crippen LogP contribution >= 0.6 is 0 Å². The van der Waals surface area contributed by atoms with Crippen LogP contribution in [0.3, 0.4) is 0 Å². The van der Waals surface area contributed by atoms with Crippen molar-refractivity contribution in [1.29, 1.82) is 0 Å². The van der Waals surface area contributed by atoms with Gasteiger partial charge in [0.15, 0.2) is 6.10 Å². The maximum absolute atomic E-state index is 12.3. The Balaban J connectivity index is 2.06. The second-order valence-electron chi connectivity index (χ2n) is 6.59. The van der Waals surface area contributed by atoms with Crippen LogP contribution in [0.5, 0.6) is 5.75 Å². The van der Waals surface area contributed by atoms with E-state index in [2.05, 4.69) is 18.3 Å². The predicted molar refractivity (Wildman–Crippen MR) is 85.7 cm³/mol. The lowest BCUT2D eigenvalue weighted by molar-refractivity contribution is -0.129. The second kappa shape index (κ2) is 6.50. The highest BCUT2D eigenvalue weighted by Gasteiger charge is 2.24. The Labute approximate surface area is 128 Å². The third-order valence-corrected chi connectivity index (χ3v) is 4.37. The average molecular weight is 289 g/mol. The van der Waals surface area contributed by atoms with Crippen molar-refractivity contribution < 1.29 is 9.53 Å². The first-order chi connectivity index (χ1) is 9.93. The summed E-state index contributed by atoms with van der Waals surface area (Å²) in [5.74, 6) is 0.833. The number of carbonyl (C=O) groups is 1. The fourth-order valence-electron chi connectivity index (χ4n) is 2.62. The summed E-state index contributed by atoms with van der Waals surface area (Å²) in [6.07, 6.45) is 5.06. The molecule has 0 heterocycles. The molecule has 0 spiro atoms. The van der Waals surface area contributed by atoms with Gasteiger partial charge in [-0.2, -0.15) is 0 Å². The Morgan fingerprint density at radius 3 is 2.76 bits per heavy atom. The first kappa shape index (κ1) is 15.9. The van der Waals surface area contributed by atoms with E-state index in [4.69, 9.17) is 4.74 Å². The summed E-state index contributed by atoms with van der Waals surface area (Å²) < 4.78 is 5.95. The summed E-state index contributed by atoms with van der Waals surface area (Å²) in [5, 5.41) is 3.04. The van der Waals surface area contributed by atoms with Crippen molar-refractivity contribution in [2.24, 2.45) is 0 Å². The minimum atomic E-state index is -0.468. The number of rotatable bonds is 5. The molecule has 3 heteroatoms. The number of hydrogen-bond donors (Lipinski definition) is 1. The van der Waals surface area contributed by atoms with Crippen LogP contribution in [0.1, 0.15) is 58.1 Å². The van der Waals surface area contributed by atoms with Crippen LogP contribution in [0.25, 0.3) is 0 Å². The molecule has 21 heavy (non-hydrogen) atoms. The molecule has 3 nitrogen and oxygen atoms in total. The maximum atomic E-state index is 12.3. The molecule has 1 atom stereocenters. The van der Waals surface area contributed by atoms with Crippen molar-refractivity contribution >= 4 is 5.91 Å². The van der Waals surface area contributed by atoms with Crippen molar-refractivity contribution in [3.8, 4) is 5.75 Å². The van der Waals surface area contributed by atoms with E-state index in [-0.39, 0.29) is 11.4 Å². The highest BCUT2D eigenvalue weighted by Crippen LogP contribution is 2.30. The van der Waals surface area contributed by atoms with Crippen LogP contribution in [0.2, 0.25) is 0 Å². The Morgan fingerprint density at radius 1 is 1.33 bits per heavy atom. The van der Waals surface area contributed by atoms with Gasteiger partial charge in [0, 0.05) is 5.54 Å². The lowest BCUT2D eigenvalue weighted by atomic mass is 9.91. The summed E-state index contributed by atoms with van der Waals surface area (Å²) >= 11 is 0. The lowest BCUT2D eigenvalue weighted by Gasteiger charge is -2.27. The van der Waals surface area contributed by atoms with Crippen LogP contribution in [0, 0.1) is 0 Å². The van der Waals surface area contributed by atoms with Gasteiger partial charge < -0.3 is 10.1 Å². The first-order valence-corrected chi connectivity index (χ1v) is 8.02. The molecule has 0 fully saturated rings. The zero-order chi connectivity index (χ0) is 15.5. The van der Waals surface area contributed by atoms with Gasteiger partial charge in [-0.25, -0.2) is 0 Å². The van der Waals surface area contributed by atoms with E-state index in [1.54, 1.807) is 0 Å². The molecule has 0 aromatic heterocycles. The van der Waals surface area contributed by atoms with Gasteiger partial charge in [-0.05, 0) is 70.1 Å². The molecule has 0 aliphatic heterocycles. The Hall–Kier alpha value is -1.51. The average Bonchev–Trinajstić information content (AvgIpc) is 2.47. The largest absolute Gasteiger partial charge is 0.481 e. The molecule has 0 saturated heterocycles. The maximum Gasteiger partial charge on any atom is 0.261 e. The number of fused-ring (bicyclic) bond motifs is 1. The van der Waals surface area contributed by atoms with Gasteiger partial charge in [-0.3, -0.25) is 4.79 Å². The molecule has 2 rings (SSSR count). The van der Waals surface area contributed by atoms with Crippen LogP contribution < -0.4 is 10.1 Å². The van der Waals surface area contributed by atoms with Crippen LogP contribution in [-0.4, -0.2) is 17.6 Å². The second-order valence-corrected chi connectivity index (χ2v) is 6.59. The van der Waals surface area contributed by atoms with Crippen molar-refractivity contribution in [2.75, 3.05) is 0 Å². The van der Waals surface area contributed by atoms with Gasteiger partial charge in [0.2, 0.25) is 0 Å². The molecule has 1 aliphatic carbocycles. The quantitative estimate of drug-likeness (QED) is 0.898. The smallest absolute Gasteiger partial charge is 0.261 e. The highest BCUT2D eigenvalue weighted by atomic mass is 16.5. The summed E-state index contributed by atoms with van der Waals surface area (Å²) in [6, 6.07) is 6.19. The van der Waals surface area contributed by atoms with E-state index in [0.29, 0.717) is 0 Å². The van der Waals surface area contributed by atoms with Crippen LogP contribution in [-0.2, 0) is 17.6 Å². The van der Waals surface area contributed by atoms with Crippen molar-refractivity contribution in [2.45, 2.75) is 71.4 Å². The van der Waals surface area contributed by atoms with E-state index < -0.39 is 6.10 Å². The summed E-state index contributed by atoms with van der Waals surface area (Å²) in [6.45, 7) is 7.95. The molecule has 1 aromatic carbocycles. The molecular weight excluding hydrogens is 262 g/mol. The molecule has 0 saturated carbocycles. The van der Waals surface area contributed by atoms with E-state index in [9.17, 15) is 4.79 Å². The molecular formula is C18H27NO2. The zero-order valence-electron chi connectivity index (χ0n) is 13.7. The molecule has 0 bridgehead atoms. The Morgan fingerprint density at radius 2 is 2.05 bits per heavy atom. The summed E-state index contributed by atoms with van der Waals surface area (Å²) in [4.78, 5) is 12.3. The van der Waals surface area contributed by atoms with Crippen molar-refractivity contribution in [3.05, 3.63) is 29.3 Å². The number of aryl methyl sites for hydroxylation is 1.